The van der Waals surface area contributed by atoms with E-state index in [0.29, 0.717) is 22.9 Å². The second-order valence-electron chi connectivity index (χ2n) is 18.2. The molecule has 0 aliphatic rings. The molecule has 0 radical (unpaired) electrons. The van der Waals surface area contributed by atoms with Gasteiger partial charge in [-0.1, -0.05) is 81.4 Å². The first-order valence-electron chi connectivity index (χ1n) is 21.0. The van der Waals surface area contributed by atoms with Crippen molar-refractivity contribution in [3.63, 3.8) is 0 Å². The Balaban J connectivity index is 1.22. The molecule has 0 saturated heterocycles. The molecule has 64 heavy (non-hydrogen) atoms. The Morgan fingerprint density at radius 3 is 2.11 bits per heavy atom. The fraction of sp³-hybridized carbons (Fsp3) is 0.354. The number of ether oxygens (including phenoxy) is 1. The number of nitrogens with zero attached hydrogens (tertiary/aromatic N) is 1. The zero-order chi connectivity index (χ0) is 47.0. The smallest absolute Gasteiger partial charge is 0.410 e. The fourth-order valence-corrected chi connectivity index (χ4v) is 7.93. The number of aliphatic hydroxyl groups is 1. The second kappa shape index (κ2) is 19.9. The molecular weight excluding hydrogens is 835 g/mol. The van der Waals surface area contributed by atoms with E-state index in [9.17, 15) is 39.3 Å². The molecule has 0 aliphatic heterocycles. The van der Waals surface area contributed by atoms with Gasteiger partial charge in [-0.3, -0.25) is 9.59 Å². The molecule has 15 nitrogen and oxygen atoms in total. The molecule has 2 unspecified atom stereocenters. The summed E-state index contributed by atoms with van der Waals surface area (Å²) < 4.78 is 12.9. The normalized spacial score (nSPS) is 13.3. The van der Waals surface area contributed by atoms with Crippen molar-refractivity contribution in [2.75, 3.05) is 25.0 Å². The number of rotatable bonds is 16. The quantitative estimate of drug-likeness (QED) is 0.0374. The van der Waals surface area contributed by atoms with E-state index < -0.39 is 43.7 Å². The largest absolute Gasteiger partial charge is 0.506 e. The molecule has 5 rings (SSSR count). The van der Waals surface area contributed by atoms with E-state index in [1.54, 1.807) is 86.3 Å². The van der Waals surface area contributed by atoms with Gasteiger partial charge in [0.25, 0.3) is 5.91 Å². The predicted octanol–water partition coefficient (Wildman–Crippen LogP) is 8.00. The van der Waals surface area contributed by atoms with Gasteiger partial charge in [-0.25, -0.2) is 14.4 Å². The molecule has 1 aromatic heterocycles. The number of nitrogens with one attached hydrogen (secondary N) is 4. The number of carboxylic acids is 1. The minimum atomic E-state index is -2.49. The van der Waals surface area contributed by atoms with Crippen LogP contribution in [-0.2, 0) is 26.1 Å². The van der Waals surface area contributed by atoms with Gasteiger partial charge >= 0.3 is 18.1 Å². The third-order valence-electron chi connectivity index (χ3n) is 11.1. The van der Waals surface area contributed by atoms with Crippen LogP contribution in [0.2, 0.25) is 18.1 Å². The predicted molar refractivity (Wildman–Crippen MR) is 248 cm³/mol. The number of amides is 4. The lowest BCUT2D eigenvalue weighted by Gasteiger charge is -2.41. The van der Waals surface area contributed by atoms with E-state index in [1.165, 1.54) is 42.5 Å². The number of carbonyl (C=O) groups is 4. The van der Waals surface area contributed by atoms with Crippen molar-refractivity contribution in [2.24, 2.45) is 0 Å². The van der Waals surface area contributed by atoms with Crippen LogP contribution in [0.25, 0.3) is 10.9 Å². The average molecular weight is 894 g/mol. The number of carbonyl (C=O) groups excluding carboxylic acids is 3. The average Bonchev–Trinajstić information content (AvgIpc) is 3.22. The third-order valence-corrected chi connectivity index (χ3v) is 15.6. The van der Waals surface area contributed by atoms with Crippen molar-refractivity contribution in [3.05, 3.63) is 141 Å². The van der Waals surface area contributed by atoms with Gasteiger partial charge in [0, 0.05) is 47.9 Å². The number of benzene rings is 4. The van der Waals surface area contributed by atoms with Crippen LogP contribution in [0.15, 0.2) is 108 Å². The monoisotopic (exact) mass is 893 g/mol. The maximum absolute atomic E-state index is 13.9. The van der Waals surface area contributed by atoms with Crippen molar-refractivity contribution in [1.29, 1.82) is 0 Å². The SMILES string of the molecule is CC(C)(C)OC(=O)N(Cc1ccc(C(=O)NCCCNC(=O)Nc2cccc(C(O)(C(=O)O)c3ccccc3)c2)cc1)CC(O[Si](C)(C)C(C)(C)C)c1ccc(O)c2[nH]c(=O)ccc12. The van der Waals surface area contributed by atoms with E-state index in [-0.39, 0.29) is 70.8 Å². The molecule has 0 fully saturated rings. The molecule has 340 valence electrons. The molecule has 0 bridgehead atoms. The Labute approximate surface area is 373 Å². The van der Waals surface area contributed by atoms with Crippen molar-refractivity contribution >= 4 is 48.9 Å². The molecule has 2 atom stereocenters. The first-order valence-corrected chi connectivity index (χ1v) is 23.9. The van der Waals surface area contributed by atoms with Gasteiger partial charge in [0.15, 0.2) is 8.32 Å². The summed E-state index contributed by atoms with van der Waals surface area (Å²) in [5.41, 5.74) is -0.912. The molecule has 4 amide bonds. The van der Waals surface area contributed by atoms with E-state index in [4.69, 9.17) is 9.16 Å². The van der Waals surface area contributed by atoms with Crippen LogP contribution in [0.4, 0.5) is 15.3 Å². The van der Waals surface area contributed by atoms with Gasteiger partial charge < -0.3 is 50.3 Å². The highest BCUT2D eigenvalue weighted by Gasteiger charge is 2.42. The molecule has 0 saturated carbocycles. The third kappa shape index (κ3) is 12.1. The van der Waals surface area contributed by atoms with E-state index >= 15 is 0 Å². The van der Waals surface area contributed by atoms with Crippen LogP contribution in [0.1, 0.15) is 86.7 Å². The zero-order valence-electron chi connectivity index (χ0n) is 37.6. The second-order valence-corrected chi connectivity index (χ2v) is 22.9. The first kappa shape index (κ1) is 48.5. The number of hydrogen-bond acceptors (Lipinski definition) is 9. The van der Waals surface area contributed by atoms with Gasteiger partial charge in [-0.2, -0.15) is 0 Å². The number of phenols is 1. The van der Waals surface area contributed by atoms with Crippen LogP contribution in [0, 0.1) is 0 Å². The highest BCUT2D eigenvalue weighted by Crippen LogP contribution is 2.42. The van der Waals surface area contributed by atoms with Crippen molar-refractivity contribution < 1.29 is 43.7 Å². The maximum Gasteiger partial charge on any atom is 0.410 e. The number of anilines is 1. The molecule has 0 spiro atoms. The number of aliphatic carboxylic acids is 1. The number of aromatic nitrogens is 1. The van der Waals surface area contributed by atoms with Crippen LogP contribution in [-0.4, -0.2) is 82.8 Å². The van der Waals surface area contributed by atoms with Crippen LogP contribution < -0.4 is 21.5 Å². The molecule has 7 N–H and O–H groups in total. The summed E-state index contributed by atoms with van der Waals surface area (Å²) in [5, 5.41) is 40.4. The molecule has 16 heteroatoms. The highest BCUT2D eigenvalue weighted by molar-refractivity contribution is 6.74. The number of hydrogen-bond donors (Lipinski definition) is 7. The Morgan fingerprint density at radius 1 is 0.812 bits per heavy atom. The summed E-state index contributed by atoms with van der Waals surface area (Å²) in [7, 11) is -2.49. The molecular formula is C48H59N5O10Si. The van der Waals surface area contributed by atoms with Gasteiger partial charge in [0.2, 0.25) is 11.2 Å². The number of urea groups is 1. The Kier molecular flexibility index (Phi) is 15.1. The Hall–Kier alpha value is -6.49. The lowest BCUT2D eigenvalue weighted by atomic mass is 9.86. The van der Waals surface area contributed by atoms with Crippen molar-refractivity contribution in [1.82, 2.24) is 20.5 Å². The van der Waals surface area contributed by atoms with Crippen molar-refractivity contribution in [3.8, 4) is 5.75 Å². The van der Waals surface area contributed by atoms with E-state index in [2.05, 4.69) is 54.8 Å². The van der Waals surface area contributed by atoms with Crippen LogP contribution in [0.3, 0.4) is 0 Å². The molecule has 5 aromatic rings. The zero-order valence-corrected chi connectivity index (χ0v) is 38.6. The maximum atomic E-state index is 13.9. The van der Waals surface area contributed by atoms with Gasteiger partial charge in [0.1, 0.15) is 11.4 Å². The summed E-state index contributed by atoms with van der Waals surface area (Å²) in [4.78, 5) is 68.4. The lowest BCUT2D eigenvalue weighted by Crippen LogP contribution is -2.45. The Morgan fingerprint density at radius 2 is 1.47 bits per heavy atom. The summed E-state index contributed by atoms with van der Waals surface area (Å²) in [5.74, 6) is -1.88. The summed E-state index contributed by atoms with van der Waals surface area (Å²) in [6.45, 7) is 16.6. The number of phenolic OH excluding ortho intramolecular Hbond substituents is 1. The highest BCUT2D eigenvalue weighted by atomic mass is 28.4. The first-order chi connectivity index (χ1) is 30.0. The summed E-state index contributed by atoms with van der Waals surface area (Å²) in [6.07, 6.45) is -0.845. The van der Waals surface area contributed by atoms with Crippen molar-refractivity contribution in [2.45, 2.75) is 89.9 Å². The fourth-order valence-electron chi connectivity index (χ4n) is 6.67. The van der Waals surface area contributed by atoms with Gasteiger partial charge in [-0.05, 0) is 98.4 Å². The summed E-state index contributed by atoms with van der Waals surface area (Å²) in [6, 6.07) is 26.5. The number of H-pyrrole nitrogens is 1. The number of fused-ring (bicyclic) bond motifs is 1. The lowest BCUT2D eigenvalue weighted by molar-refractivity contribution is -0.155. The standard InChI is InChI=1S/C48H59N5O10Si/c1-46(2,3)62-45(60)53(30-39(63-64(7,8)47(4,5)6)36-22-24-38(54)41-37(36)23-25-40(55)52-41)29-31-18-20-32(21-19-31)42(56)49-26-13-27-50-44(59)51-35-17-12-16-34(28-35)48(61,43(57)58)33-14-10-9-11-15-33/h9-12,14-25,28,39,54,61H,13,26-27,29-30H2,1-8H3,(H,49,56)(H,52,55)(H,57,58)(H2,50,51,59). The summed E-state index contributed by atoms with van der Waals surface area (Å²) >= 11 is 0. The number of aromatic hydroxyl groups is 1. The molecule has 1 heterocycles. The number of pyridine rings is 1. The minimum Gasteiger partial charge on any atom is -0.506 e. The van der Waals surface area contributed by atoms with Crippen LogP contribution in [0.5, 0.6) is 5.75 Å². The molecule has 0 aliphatic carbocycles. The van der Waals surface area contributed by atoms with E-state index in [1.807, 2.05) is 0 Å². The number of aromatic amines is 1. The Bertz CT molecular complexity index is 2520. The topological polar surface area (TPSA) is 220 Å². The van der Waals surface area contributed by atoms with Gasteiger partial charge in [-0.15, -0.1) is 0 Å². The van der Waals surface area contributed by atoms with E-state index in [0.717, 1.165) is 5.56 Å². The van der Waals surface area contributed by atoms with Gasteiger partial charge in [0.05, 0.1) is 18.2 Å². The number of carboxylic acid groups (broad SMARTS) is 1. The minimum absolute atomic E-state index is 0.0697. The molecule has 4 aromatic carbocycles. The van der Waals surface area contributed by atoms with Crippen LogP contribution >= 0.6 is 0 Å².